The smallest absolute Gasteiger partial charge is 0.210 e. The van der Waals surface area contributed by atoms with Crippen molar-refractivity contribution in [3.05, 3.63) is 63.8 Å². The molecular weight excluding hydrogens is 372 g/mol. The zero-order chi connectivity index (χ0) is 19.8. The number of halogens is 1. The molecular formula is C23H25ClN2O2. The van der Waals surface area contributed by atoms with Crippen molar-refractivity contribution in [3.63, 3.8) is 0 Å². The van der Waals surface area contributed by atoms with Crippen LogP contribution in [0.25, 0.3) is 10.9 Å². The molecule has 0 unspecified atom stereocenters. The van der Waals surface area contributed by atoms with Crippen LogP contribution in [0.1, 0.15) is 41.0 Å². The Morgan fingerprint density at radius 2 is 1.93 bits per heavy atom. The van der Waals surface area contributed by atoms with E-state index in [9.17, 15) is 4.79 Å². The van der Waals surface area contributed by atoms with Crippen LogP contribution < -0.4 is 4.74 Å². The van der Waals surface area contributed by atoms with Crippen LogP contribution in [0.5, 0.6) is 5.75 Å². The van der Waals surface area contributed by atoms with Crippen LogP contribution in [0.15, 0.2) is 36.4 Å². The quantitative estimate of drug-likeness (QED) is 0.470. The predicted molar refractivity (Wildman–Crippen MR) is 114 cm³/mol. The van der Waals surface area contributed by atoms with E-state index in [4.69, 9.17) is 16.3 Å². The van der Waals surface area contributed by atoms with Crippen LogP contribution in [0.3, 0.4) is 0 Å². The first-order valence-electron chi connectivity index (χ1n) is 9.81. The Morgan fingerprint density at radius 1 is 1.14 bits per heavy atom. The molecule has 1 aliphatic rings. The number of likely N-dealkylation sites (N-methyl/N-ethyl adjacent to an activating group) is 1. The summed E-state index contributed by atoms with van der Waals surface area (Å²) in [6, 6.07) is 11.7. The lowest BCUT2D eigenvalue weighted by Gasteiger charge is -2.22. The highest BCUT2D eigenvalue weighted by atomic mass is 35.5. The van der Waals surface area contributed by atoms with Gasteiger partial charge in [0.05, 0.1) is 12.8 Å². The fourth-order valence-corrected chi connectivity index (χ4v) is 4.40. The molecule has 0 amide bonds. The molecule has 5 heteroatoms. The second kappa shape index (κ2) is 7.61. The third-order valence-electron chi connectivity index (χ3n) is 5.80. The van der Waals surface area contributed by atoms with E-state index in [1.54, 1.807) is 7.11 Å². The number of carbonyl (C=O) groups excluding carboxylic acids is 1. The molecule has 2 aromatic carbocycles. The summed E-state index contributed by atoms with van der Waals surface area (Å²) < 4.78 is 7.55. The van der Waals surface area contributed by atoms with E-state index in [1.165, 1.54) is 0 Å². The predicted octanol–water partition coefficient (Wildman–Crippen LogP) is 4.78. The third kappa shape index (κ3) is 3.11. The number of ketones is 1. The van der Waals surface area contributed by atoms with Gasteiger partial charge in [-0.15, -0.1) is 0 Å². The molecule has 0 saturated carbocycles. The van der Waals surface area contributed by atoms with Gasteiger partial charge >= 0.3 is 0 Å². The molecule has 0 fully saturated rings. The average Bonchev–Trinajstić information content (AvgIpc) is 3.01. The number of benzene rings is 2. The van der Waals surface area contributed by atoms with Crippen LogP contribution in [-0.2, 0) is 13.0 Å². The number of aromatic nitrogens is 1. The van der Waals surface area contributed by atoms with Gasteiger partial charge in [-0.1, -0.05) is 25.4 Å². The Labute approximate surface area is 170 Å². The van der Waals surface area contributed by atoms with Crippen molar-refractivity contribution in [1.29, 1.82) is 0 Å². The summed E-state index contributed by atoms with van der Waals surface area (Å²) in [6.07, 6.45) is 0.711. The number of carbonyl (C=O) groups is 1. The van der Waals surface area contributed by atoms with Crippen molar-refractivity contribution in [3.8, 4) is 5.75 Å². The molecule has 1 aliphatic carbocycles. The van der Waals surface area contributed by atoms with Crippen LogP contribution in [0.4, 0.5) is 0 Å². The Hall–Kier alpha value is -2.30. The second-order valence-corrected chi connectivity index (χ2v) is 7.63. The molecule has 4 nitrogen and oxygen atoms in total. The Balaban J connectivity index is 1.86. The lowest BCUT2D eigenvalue weighted by molar-refractivity contribution is 0.102. The molecule has 28 heavy (non-hydrogen) atoms. The molecule has 1 heterocycles. The number of nitrogens with zero attached hydrogens (tertiary/aromatic N) is 2. The highest BCUT2D eigenvalue weighted by Gasteiger charge is 2.30. The molecule has 0 bridgehead atoms. The number of rotatable bonds is 6. The minimum atomic E-state index is 0.0887. The van der Waals surface area contributed by atoms with Crippen LogP contribution in [0, 0.1) is 0 Å². The summed E-state index contributed by atoms with van der Waals surface area (Å²) in [6.45, 7) is 8.03. The Kier molecular flexibility index (Phi) is 5.17. The second-order valence-electron chi connectivity index (χ2n) is 7.20. The average molecular weight is 397 g/mol. The highest BCUT2D eigenvalue weighted by molar-refractivity contribution is 6.31. The minimum Gasteiger partial charge on any atom is -0.497 e. The fraction of sp³-hybridized carbons (Fsp3) is 0.348. The van der Waals surface area contributed by atoms with Gasteiger partial charge in [-0.3, -0.25) is 4.79 Å². The monoisotopic (exact) mass is 396 g/mol. The standard InChI is InChI=1S/C23H25ClN2O2/c1-4-25(5-2)10-11-26-21-9-6-16(24)14-19(21)20-13-15-12-17(28-3)7-8-18(15)23(27)22(20)26/h6-9,12,14H,4-5,10-11,13H2,1-3H3. The van der Waals surface area contributed by atoms with Crippen molar-refractivity contribution >= 4 is 28.3 Å². The lowest BCUT2D eigenvalue weighted by Crippen LogP contribution is -2.28. The van der Waals surface area contributed by atoms with Crippen molar-refractivity contribution in [2.75, 3.05) is 26.7 Å². The largest absolute Gasteiger partial charge is 0.497 e. The van der Waals surface area contributed by atoms with E-state index >= 15 is 0 Å². The van der Waals surface area contributed by atoms with E-state index in [0.29, 0.717) is 11.4 Å². The van der Waals surface area contributed by atoms with Gasteiger partial charge in [-0.2, -0.15) is 0 Å². The zero-order valence-corrected chi connectivity index (χ0v) is 17.3. The van der Waals surface area contributed by atoms with Crippen LogP contribution in [-0.4, -0.2) is 42.0 Å². The van der Waals surface area contributed by atoms with Gasteiger partial charge in [0.2, 0.25) is 5.78 Å². The van der Waals surface area contributed by atoms with Gasteiger partial charge in [-0.25, -0.2) is 0 Å². The molecule has 1 aromatic heterocycles. The van der Waals surface area contributed by atoms with Crippen LogP contribution in [0.2, 0.25) is 5.02 Å². The molecule has 0 spiro atoms. The SMILES string of the molecule is CCN(CC)CCn1c2c(c3cc(Cl)ccc31)Cc1cc(OC)ccc1C2=O. The maximum absolute atomic E-state index is 13.5. The molecule has 0 aliphatic heterocycles. The first-order valence-corrected chi connectivity index (χ1v) is 10.2. The van der Waals surface area contributed by atoms with E-state index in [2.05, 4.69) is 23.3 Å². The number of methoxy groups -OCH3 is 1. The fourth-order valence-electron chi connectivity index (χ4n) is 4.23. The topological polar surface area (TPSA) is 34.5 Å². The van der Waals surface area contributed by atoms with E-state index < -0.39 is 0 Å². The number of ether oxygens (including phenoxy) is 1. The minimum absolute atomic E-state index is 0.0887. The van der Waals surface area contributed by atoms with Gasteiger partial charge in [0.25, 0.3) is 0 Å². The normalized spacial score (nSPS) is 13.1. The molecule has 0 saturated heterocycles. The zero-order valence-electron chi connectivity index (χ0n) is 16.6. The summed E-state index contributed by atoms with van der Waals surface area (Å²) in [5.41, 5.74) is 4.74. The van der Waals surface area contributed by atoms with E-state index in [1.807, 2.05) is 36.4 Å². The van der Waals surface area contributed by atoms with Gasteiger partial charge in [0.1, 0.15) is 5.75 Å². The first-order chi connectivity index (χ1) is 13.6. The Morgan fingerprint density at radius 3 is 2.64 bits per heavy atom. The van der Waals surface area contributed by atoms with E-state index in [0.717, 1.165) is 65.2 Å². The maximum atomic E-state index is 13.5. The van der Waals surface area contributed by atoms with Gasteiger partial charge in [0, 0.05) is 41.0 Å². The maximum Gasteiger partial charge on any atom is 0.210 e. The highest BCUT2D eigenvalue weighted by Crippen LogP contribution is 2.37. The van der Waals surface area contributed by atoms with Crippen molar-refractivity contribution in [2.24, 2.45) is 0 Å². The molecule has 4 rings (SSSR count). The molecule has 146 valence electrons. The van der Waals surface area contributed by atoms with Gasteiger partial charge in [0.15, 0.2) is 0 Å². The lowest BCUT2D eigenvalue weighted by atomic mass is 9.87. The molecule has 0 atom stereocenters. The summed E-state index contributed by atoms with van der Waals surface area (Å²) in [5, 5.41) is 1.77. The molecule has 3 aromatic rings. The van der Waals surface area contributed by atoms with E-state index in [-0.39, 0.29) is 5.78 Å². The summed E-state index contributed by atoms with van der Waals surface area (Å²) in [5.74, 6) is 0.865. The number of fused-ring (bicyclic) bond motifs is 4. The van der Waals surface area contributed by atoms with Crippen molar-refractivity contribution in [1.82, 2.24) is 9.47 Å². The Bertz CT molecular complexity index is 1050. The molecule has 0 N–H and O–H groups in total. The van der Waals surface area contributed by atoms with Crippen molar-refractivity contribution < 1.29 is 9.53 Å². The number of hydrogen-bond donors (Lipinski definition) is 0. The third-order valence-corrected chi connectivity index (χ3v) is 6.04. The van der Waals surface area contributed by atoms with Crippen molar-refractivity contribution in [2.45, 2.75) is 26.8 Å². The van der Waals surface area contributed by atoms with Gasteiger partial charge < -0.3 is 14.2 Å². The number of hydrogen-bond acceptors (Lipinski definition) is 3. The summed E-state index contributed by atoms with van der Waals surface area (Å²) in [4.78, 5) is 15.8. The molecule has 0 radical (unpaired) electrons. The summed E-state index contributed by atoms with van der Waals surface area (Å²) >= 11 is 6.30. The van der Waals surface area contributed by atoms with Gasteiger partial charge in [-0.05, 0) is 60.6 Å². The van der Waals surface area contributed by atoms with Crippen LogP contribution >= 0.6 is 11.6 Å². The summed E-state index contributed by atoms with van der Waals surface area (Å²) in [7, 11) is 1.65. The first kappa shape index (κ1) is 19.0.